The lowest BCUT2D eigenvalue weighted by Gasteiger charge is -2.30. The molecule has 3 rings (SSSR count). The second-order valence-corrected chi connectivity index (χ2v) is 10.1. The zero-order valence-electron chi connectivity index (χ0n) is 19.3. The van der Waals surface area contributed by atoms with E-state index in [-0.39, 0.29) is 35.4 Å². The predicted molar refractivity (Wildman–Crippen MR) is 128 cm³/mol. The summed E-state index contributed by atoms with van der Waals surface area (Å²) in [7, 11) is -3.76. The molecule has 1 N–H and O–H groups in total. The van der Waals surface area contributed by atoms with Gasteiger partial charge in [-0.05, 0) is 49.2 Å². The smallest absolute Gasteiger partial charge is 0.244 e. The molecule has 0 aromatic heterocycles. The van der Waals surface area contributed by atoms with Gasteiger partial charge < -0.3 is 5.32 Å². The Hall–Kier alpha value is -2.73. The Morgan fingerprint density at radius 3 is 2.30 bits per heavy atom. The topological polar surface area (TPSA) is 93.5 Å². The third-order valence-electron chi connectivity index (χ3n) is 6.31. The summed E-state index contributed by atoms with van der Waals surface area (Å²) >= 11 is 0. The van der Waals surface area contributed by atoms with Crippen molar-refractivity contribution in [3.05, 3.63) is 65.2 Å². The number of nitrogens with zero attached hydrogens (tertiary/aromatic N) is 3. The number of piperidine rings is 1. The van der Waals surface area contributed by atoms with Crippen LogP contribution < -0.4 is 5.32 Å². The van der Waals surface area contributed by atoms with Crippen LogP contribution in [0, 0.1) is 17.2 Å². The van der Waals surface area contributed by atoms with Crippen LogP contribution in [-0.2, 0) is 27.9 Å². The van der Waals surface area contributed by atoms with Crippen LogP contribution in [0.5, 0.6) is 0 Å². The van der Waals surface area contributed by atoms with Crippen LogP contribution in [0.4, 0.5) is 0 Å². The first-order valence-corrected chi connectivity index (χ1v) is 12.9. The van der Waals surface area contributed by atoms with Crippen molar-refractivity contribution in [3.63, 3.8) is 0 Å². The highest BCUT2D eigenvalue weighted by Crippen LogP contribution is 2.26. The van der Waals surface area contributed by atoms with E-state index in [0.29, 0.717) is 19.4 Å². The van der Waals surface area contributed by atoms with Gasteiger partial charge in [0.25, 0.3) is 0 Å². The number of nitrogens with one attached hydrogen (secondary N) is 1. The van der Waals surface area contributed by atoms with E-state index >= 15 is 0 Å². The van der Waals surface area contributed by atoms with Crippen LogP contribution >= 0.6 is 0 Å². The number of amides is 1. The van der Waals surface area contributed by atoms with Gasteiger partial charge in [-0.2, -0.15) is 9.57 Å². The Labute approximate surface area is 197 Å². The lowest BCUT2D eigenvalue weighted by Crippen LogP contribution is -2.43. The van der Waals surface area contributed by atoms with Gasteiger partial charge >= 0.3 is 0 Å². The first kappa shape index (κ1) is 24.9. The molecule has 1 fully saturated rings. The maximum Gasteiger partial charge on any atom is 0.244 e. The predicted octanol–water partition coefficient (Wildman–Crippen LogP) is 3.12. The fraction of sp³-hybridized carbons (Fsp3) is 0.440. The maximum atomic E-state index is 13.0. The van der Waals surface area contributed by atoms with E-state index in [0.717, 1.165) is 25.2 Å². The second-order valence-electron chi connectivity index (χ2n) is 8.23. The summed E-state index contributed by atoms with van der Waals surface area (Å²) in [6.07, 6.45) is 0.918. The van der Waals surface area contributed by atoms with Crippen LogP contribution in [0.25, 0.3) is 0 Å². The molecule has 0 atom stereocenters. The average molecular weight is 469 g/mol. The minimum absolute atomic E-state index is 0.0280. The number of nitriles is 1. The van der Waals surface area contributed by atoms with Crippen LogP contribution in [0.3, 0.4) is 0 Å². The Morgan fingerprint density at radius 2 is 1.67 bits per heavy atom. The summed E-state index contributed by atoms with van der Waals surface area (Å²) in [5.74, 6) is -0.264. The second kappa shape index (κ2) is 11.4. The standard InChI is InChI=1S/C25H32N4O3S/c1-3-28(4-2)19-23-11-6-5-10-22(23)18-27-25(30)20-13-15-29(16-14-20)33(31,32)24-12-8-7-9-21(24)17-26/h5-12,20H,3-4,13-16,18-19H2,1-2H3,(H,27,30). The highest BCUT2D eigenvalue weighted by atomic mass is 32.2. The third-order valence-corrected chi connectivity index (χ3v) is 8.27. The van der Waals surface area contributed by atoms with Crippen LogP contribution in [0.15, 0.2) is 53.4 Å². The number of hydrogen-bond acceptors (Lipinski definition) is 5. The van der Waals surface area contributed by atoms with Crippen molar-refractivity contribution in [1.29, 1.82) is 5.26 Å². The summed E-state index contributed by atoms with van der Waals surface area (Å²) in [6.45, 7) is 8.05. The van der Waals surface area contributed by atoms with E-state index in [1.165, 1.54) is 22.0 Å². The molecule has 2 aromatic carbocycles. The van der Waals surface area contributed by atoms with Gasteiger partial charge in [0.05, 0.1) is 10.5 Å². The Kier molecular flexibility index (Phi) is 8.61. The van der Waals surface area contributed by atoms with Crippen LogP contribution in [0.2, 0.25) is 0 Å². The monoisotopic (exact) mass is 468 g/mol. The number of hydrogen-bond donors (Lipinski definition) is 1. The molecule has 176 valence electrons. The van der Waals surface area contributed by atoms with Gasteiger partial charge in [-0.1, -0.05) is 50.2 Å². The molecule has 1 saturated heterocycles. The molecule has 7 nitrogen and oxygen atoms in total. The summed E-state index contributed by atoms with van der Waals surface area (Å²) in [4.78, 5) is 15.2. The SMILES string of the molecule is CCN(CC)Cc1ccccc1CNC(=O)C1CCN(S(=O)(=O)c2ccccc2C#N)CC1. The van der Waals surface area contributed by atoms with Crippen molar-refractivity contribution in [2.75, 3.05) is 26.2 Å². The largest absolute Gasteiger partial charge is 0.352 e. The van der Waals surface area contributed by atoms with Crippen LogP contribution in [-0.4, -0.2) is 49.7 Å². The fourth-order valence-corrected chi connectivity index (χ4v) is 5.79. The van der Waals surface area contributed by atoms with Gasteiger partial charge in [0.2, 0.25) is 15.9 Å². The number of carbonyl (C=O) groups excluding carboxylic acids is 1. The molecular weight excluding hydrogens is 436 g/mol. The van der Waals surface area contributed by atoms with E-state index < -0.39 is 10.0 Å². The molecule has 1 aliphatic rings. The van der Waals surface area contributed by atoms with Crippen molar-refractivity contribution >= 4 is 15.9 Å². The highest BCUT2D eigenvalue weighted by molar-refractivity contribution is 7.89. The molecule has 8 heteroatoms. The molecule has 1 aliphatic heterocycles. The Bertz CT molecular complexity index is 1100. The highest BCUT2D eigenvalue weighted by Gasteiger charge is 2.33. The van der Waals surface area contributed by atoms with Crippen molar-refractivity contribution < 1.29 is 13.2 Å². The minimum Gasteiger partial charge on any atom is -0.352 e. The van der Waals surface area contributed by atoms with E-state index in [1.807, 2.05) is 24.3 Å². The number of sulfonamides is 1. The molecule has 0 bridgehead atoms. The summed E-state index contributed by atoms with van der Waals surface area (Å²) in [5, 5.41) is 12.3. The van der Waals surface area contributed by atoms with E-state index in [9.17, 15) is 18.5 Å². The van der Waals surface area contributed by atoms with Crippen molar-refractivity contribution in [3.8, 4) is 6.07 Å². The first-order chi connectivity index (χ1) is 15.9. The molecule has 0 unspecified atom stereocenters. The van der Waals surface area contributed by atoms with Crippen molar-refractivity contribution in [1.82, 2.24) is 14.5 Å². The van der Waals surface area contributed by atoms with Gasteiger partial charge in [0.1, 0.15) is 6.07 Å². The molecule has 0 radical (unpaired) electrons. The molecule has 2 aromatic rings. The Morgan fingerprint density at radius 1 is 1.06 bits per heavy atom. The fourth-order valence-electron chi connectivity index (χ4n) is 4.18. The molecule has 0 aliphatic carbocycles. The third kappa shape index (κ3) is 5.99. The van der Waals surface area contributed by atoms with Gasteiger partial charge in [0, 0.05) is 32.1 Å². The molecule has 0 saturated carbocycles. The zero-order chi connectivity index (χ0) is 23.8. The van der Waals surface area contributed by atoms with Gasteiger partial charge in [0.15, 0.2) is 0 Å². The van der Waals surface area contributed by atoms with E-state index in [2.05, 4.69) is 30.1 Å². The number of rotatable bonds is 9. The lowest BCUT2D eigenvalue weighted by molar-refractivity contribution is -0.126. The minimum atomic E-state index is -3.76. The molecule has 1 amide bonds. The zero-order valence-corrected chi connectivity index (χ0v) is 20.1. The van der Waals surface area contributed by atoms with E-state index in [4.69, 9.17) is 0 Å². The van der Waals surface area contributed by atoms with Crippen molar-refractivity contribution in [2.45, 2.75) is 44.7 Å². The van der Waals surface area contributed by atoms with Gasteiger partial charge in [-0.25, -0.2) is 8.42 Å². The van der Waals surface area contributed by atoms with Gasteiger partial charge in [-0.15, -0.1) is 0 Å². The molecular formula is C25H32N4O3S. The molecule has 33 heavy (non-hydrogen) atoms. The first-order valence-electron chi connectivity index (χ1n) is 11.5. The van der Waals surface area contributed by atoms with Crippen LogP contribution in [0.1, 0.15) is 43.4 Å². The lowest BCUT2D eigenvalue weighted by atomic mass is 9.97. The number of benzene rings is 2. The van der Waals surface area contributed by atoms with E-state index in [1.54, 1.807) is 12.1 Å². The molecule has 1 heterocycles. The van der Waals surface area contributed by atoms with Gasteiger partial charge in [-0.3, -0.25) is 9.69 Å². The average Bonchev–Trinajstić information content (AvgIpc) is 2.86. The number of carbonyl (C=O) groups is 1. The summed E-state index contributed by atoms with van der Waals surface area (Å²) in [6, 6.07) is 16.3. The van der Waals surface area contributed by atoms with Crippen molar-refractivity contribution in [2.24, 2.45) is 5.92 Å². The molecule has 0 spiro atoms. The summed E-state index contributed by atoms with van der Waals surface area (Å²) in [5.41, 5.74) is 2.45. The Balaban J connectivity index is 1.58. The maximum absolute atomic E-state index is 13.0. The summed E-state index contributed by atoms with van der Waals surface area (Å²) < 4.78 is 27.4. The quantitative estimate of drug-likeness (QED) is 0.610. The normalized spacial score (nSPS) is 15.3.